The second-order valence-electron chi connectivity index (χ2n) is 3.52. The van der Waals surface area contributed by atoms with Crippen molar-refractivity contribution in [2.45, 2.75) is 6.10 Å². The Morgan fingerprint density at radius 1 is 1.56 bits per heavy atom. The zero-order valence-electron chi connectivity index (χ0n) is 9.74. The SMILES string of the molecule is CNCC(=O)NCC(O)c1ccc(Cl)c(F)c1.Cl. The van der Waals surface area contributed by atoms with Gasteiger partial charge >= 0.3 is 0 Å². The zero-order chi connectivity index (χ0) is 12.8. The van der Waals surface area contributed by atoms with E-state index in [9.17, 15) is 14.3 Å². The van der Waals surface area contributed by atoms with Crippen molar-refractivity contribution in [3.8, 4) is 0 Å². The Hall–Kier alpha value is -0.880. The van der Waals surface area contributed by atoms with Gasteiger partial charge in [0.05, 0.1) is 17.7 Å². The van der Waals surface area contributed by atoms with Gasteiger partial charge in [0.1, 0.15) is 5.82 Å². The molecule has 4 nitrogen and oxygen atoms in total. The number of benzene rings is 1. The number of hydrogen-bond donors (Lipinski definition) is 3. The van der Waals surface area contributed by atoms with Gasteiger partial charge in [-0.3, -0.25) is 4.79 Å². The van der Waals surface area contributed by atoms with Gasteiger partial charge in [0.15, 0.2) is 0 Å². The lowest BCUT2D eigenvalue weighted by Gasteiger charge is -2.12. The van der Waals surface area contributed by atoms with Crippen molar-refractivity contribution in [1.82, 2.24) is 10.6 Å². The van der Waals surface area contributed by atoms with Gasteiger partial charge in [-0.1, -0.05) is 17.7 Å². The largest absolute Gasteiger partial charge is 0.387 e. The van der Waals surface area contributed by atoms with Crippen LogP contribution in [0.1, 0.15) is 11.7 Å². The maximum Gasteiger partial charge on any atom is 0.234 e. The van der Waals surface area contributed by atoms with Gasteiger partial charge in [-0.2, -0.15) is 0 Å². The first kappa shape index (κ1) is 17.1. The fourth-order valence-corrected chi connectivity index (χ4v) is 1.39. The lowest BCUT2D eigenvalue weighted by molar-refractivity contribution is -0.120. The second-order valence-corrected chi connectivity index (χ2v) is 3.93. The first-order chi connectivity index (χ1) is 8.04. The van der Waals surface area contributed by atoms with E-state index >= 15 is 0 Å². The molecule has 1 atom stereocenters. The molecule has 1 aromatic carbocycles. The van der Waals surface area contributed by atoms with Crippen molar-refractivity contribution in [3.63, 3.8) is 0 Å². The number of carbonyl (C=O) groups excluding carboxylic acids is 1. The van der Waals surface area contributed by atoms with Crippen molar-refractivity contribution in [2.75, 3.05) is 20.1 Å². The lowest BCUT2D eigenvalue weighted by Crippen LogP contribution is -2.34. The van der Waals surface area contributed by atoms with E-state index in [-0.39, 0.29) is 36.4 Å². The number of hydrogen-bond acceptors (Lipinski definition) is 3. The van der Waals surface area contributed by atoms with Gasteiger partial charge in [-0.15, -0.1) is 12.4 Å². The quantitative estimate of drug-likeness (QED) is 0.767. The molecule has 1 rings (SSSR count). The van der Waals surface area contributed by atoms with Gasteiger partial charge in [-0.05, 0) is 24.7 Å². The van der Waals surface area contributed by atoms with Crippen LogP contribution in [-0.2, 0) is 4.79 Å². The molecule has 0 fully saturated rings. The molecule has 0 saturated carbocycles. The summed E-state index contributed by atoms with van der Waals surface area (Å²) in [5, 5.41) is 14.9. The van der Waals surface area contributed by atoms with E-state index in [1.165, 1.54) is 12.1 Å². The monoisotopic (exact) mass is 296 g/mol. The fourth-order valence-electron chi connectivity index (χ4n) is 1.27. The molecule has 0 saturated heterocycles. The van der Waals surface area contributed by atoms with Crippen LogP contribution in [0.15, 0.2) is 18.2 Å². The first-order valence-corrected chi connectivity index (χ1v) is 5.46. The van der Waals surface area contributed by atoms with Crippen molar-refractivity contribution in [3.05, 3.63) is 34.6 Å². The molecule has 0 aliphatic carbocycles. The maximum atomic E-state index is 13.1. The van der Waals surface area contributed by atoms with Crippen LogP contribution in [-0.4, -0.2) is 31.2 Å². The summed E-state index contributed by atoms with van der Waals surface area (Å²) < 4.78 is 13.1. The summed E-state index contributed by atoms with van der Waals surface area (Å²) in [6.07, 6.45) is -0.956. The van der Waals surface area contributed by atoms with Crippen LogP contribution < -0.4 is 10.6 Å². The van der Waals surface area contributed by atoms with Crippen LogP contribution in [0.2, 0.25) is 5.02 Å². The van der Waals surface area contributed by atoms with Gasteiger partial charge in [-0.25, -0.2) is 4.39 Å². The van der Waals surface area contributed by atoms with Gasteiger partial charge in [0.2, 0.25) is 5.91 Å². The van der Waals surface area contributed by atoms with E-state index < -0.39 is 11.9 Å². The van der Waals surface area contributed by atoms with Crippen molar-refractivity contribution >= 4 is 29.9 Å². The highest BCUT2D eigenvalue weighted by molar-refractivity contribution is 6.30. The topological polar surface area (TPSA) is 61.4 Å². The Balaban J connectivity index is 0.00000289. The number of amides is 1. The third-order valence-electron chi connectivity index (χ3n) is 2.16. The maximum absolute atomic E-state index is 13.1. The average Bonchev–Trinajstić information content (AvgIpc) is 2.30. The predicted octanol–water partition coefficient (Wildman–Crippen LogP) is 1.27. The third-order valence-corrected chi connectivity index (χ3v) is 2.46. The molecule has 0 heterocycles. The van der Waals surface area contributed by atoms with E-state index in [0.29, 0.717) is 5.56 Å². The molecule has 1 aromatic rings. The summed E-state index contributed by atoms with van der Waals surface area (Å²) in [5.74, 6) is -0.828. The molecular formula is C11H15Cl2FN2O2. The van der Waals surface area contributed by atoms with Crippen molar-refractivity contribution in [1.29, 1.82) is 0 Å². The molecule has 1 amide bonds. The zero-order valence-corrected chi connectivity index (χ0v) is 11.3. The molecule has 1 unspecified atom stereocenters. The van der Waals surface area contributed by atoms with Crippen molar-refractivity contribution in [2.24, 2.45) is 0 Å². The Kier molecular flexibility index (Phi) is 7.86. The normalized spacial score (nSPS) is 11.6. The molecule has 3 N–H and O–H groups in total. The van der Waals surface area contributed by atoms with Crippen LogP contribution >= 0.6 is 24.0 Å². The van der Waals surface area contributed by atoms with Crippen LogP contribution in [0.5, 0.6) is 0 Å². The van der Waals surface area contributed by atoms with Crippen LogP contribution in [0, 0.1) is 5.82 Å². The van der Waals surface area contributed by atoms with Gasteiger partial charge < -0.3 is 15.7 Å². The number of carbonyl (C=O) groups is 1. The number of likely N-dealkylation sites (N-methyl/N-ethyl adjacent to an activating group) is 1. The second kappa shape index (κ2) is 8.26. The number of halogens is 3. The minimum absolute atomic E-state index is 0. The Bertz CT molecular complexity index is 405. The summed E-state index contributed by atoms with van der Waals surface area (Å²) in [4.78, 5) is 11.1. The Labute approximate surface area is 116 Å². The minimum Gasteiger partial charge on any atom is -0.387 e. The molecular weight excluding hydrogens is 282 g/mol. The predicted molar refractivity (Wildman–Crippen MR) is 70.6 cm³/mol. The molecule has 0 aromatic heterocycles. The van der Waals surface area contributed by atoms with E-state index in [1.54, 1.807) is 7.05 Å². The fraction of sp³-hybridized carbons (Fsp3) is 0.364. The van der Waals surface area contributed by atoms with Crippen molar-refractivity contribution < 1.29 is 14.3 Å². The first-order valence-electron chi connectivity index (χ1n) is 5.09. The molecule has 18 heavy (non-hydrogen) atoms. The van der Waals surface area contributed by atoms with Crippen LogP contribution in [0.3, 0.4) is 0 Å². The molecule has 0 radical (unpaired) electrons. The smallest absolute Gasteiger partial charge is 0.234 e. The highest BCUT2D eigenvalue weighted by Gasteiger charge is 2.11. The molecule has 7 heteroatoms. The Morgan fingerprint density at radius 3 is 2.78 bits per heavy atom. The number of aliphatic hydroxyl groups is 1. The summed E-state index contributed by atoms with van der Waals surface area (Å²) in [5.41, 5.74) is 0.372. The molecule has 0 spiro atoms. The molecule has 0 bridgehead atoms. The van der Waals surface area contributed by atoms with Gasteiger partial charge in [0, 0.05) is 6.54 Å². The summed E-state index contributed by atoms with van der Waals surface area (Å²) in [6.45, 7) is 0.198. The Morgan fingerprint density at radius 2 is 2.22 bits per heavy atom. The van der Waals surface area contributed by atoms with E-state index in [4.69, 9.17) is 11.6 Å². The molecule has 0 aliphatic heterocycles. The molecule has 0 aliphatic rings. The van der Waals surface area contributed by atoms with E-state index in [1.807, 2.05) is 0 Å². The highest BCUT2D eigenvalue weighted by atomic mass is 35.5. The molecule has 102 valence electrons. The average molecular weight is 297 g/mol. The summed E-state index contributed by atoms with van der Waals surface area (Å²) in [7, 11) is 1.64. The van der Waals surface area contributed by atoms with Crippen LogP contribution in [0.25, 0.3) is 0 Å². The lowest BCUT2D eigenvalue weighted by atomic mass is 10.1. The number of rotatable bonds is 5. The highest BCUT2D eigenvalue weighted by Crippen LogP contribution is 2.19. The summed E-state index contributed by atoms with van der Waals surface area (Å²) in [6, 6.07) is 4.03. The summed E-state index contributed by atoms with van der Waals surface area (Å²) >= 11 is 5.52. The third kappa shape index (κ3) is 5.18. The van der Waals surface area contributed by atoms with Crippen LogP contribution in [0.4, 0.5) is 4.39 Å². The number of aliphatic hydroxyl groups excluding tert-OH is 1. The van der Waals surface area contributed by atoms with Gasteiger partial charge in [0.25, 0.3) is 0 Å². The van der Waals surface area contributed by atoms with E-state index in [0.717, 1.165) is 6.07 Å². The number of nitrogens with one attached hydrogen (secondary N) is 2. The standard InChI is InChI=1S/C11H14ClFN2O2.ClH/c1-14-6-11(17)15-5-10(16)7-2-3-8(12)9(13)4-7;/h2-4,10,14,16H,5-6H2,1H3,(H,15,17);1H. The van der Waals surface area contributed by atoms with E-state index in [2.05, 4.69) is 10.6 Å². The minimum atomic E-state index is -0.956.